The van der Waals surface area contributed by atoms with Crippen LogP contribution in [0.2, 0.25) is 0 Å². The minimum atomic E-state index is 0.720. The monoisotopic (exact) mass is 206 g/mol. The van der Waals surface area contributed by atoms with Gasteiger partial charge in [0.1, 0.15) is 5.82 Å². The Kier molecular flexibility index (Phi) is 1.99. The maximum Gasteiger partial charge on any atom is 0.131 e. The molecule has 4 nitrogen and oxygen atoms in total. The summed E-state index contributed by atoms with van der Waals surface area (Å²) in [5, 5.41) is 5.56. The van der Waals surface area contributed by atoms with Crippen LogP contribution in [0, 0.1) is 0 Å². The fourth-order valence-electron chi connectivity index (χ4n) is 2.37. The molecule has 1 fully saturated rings. The van der Waals surface area contributed by atoms with Gasteiger partial charge < -0.3 is 10.3 Å². The summed E-state index contributed by atoms with van der Waals surface area (Å²) in [7, 11) is 4.21. The molecule has 2 aliphatic rings. The minimum absolute atomic E-state index is 0.720. The number of nitrogens with zero attached hydrogens (tertiary/aromatic N) is 3. The molecule has 0 radical (unpaired) electrons. The second kappa shape index (κ2) is 3.23. The normalized spacial score (nSPS) is 20.1. The lowest BCUT2D eigenvalue weighted by Gasteiger charge is -2.22. The lowest BCUT2D eigenvalue weighted by Crippen LogP contribution is -2.32. The van der Waals surface area contributed by atoms with Gasteiger partial charge >= 0.3 is 0 Å². The van der Waals surface area contributed by atoms with E-state index in [0.29, 0.717) is 0 Å². The largest absolute Gasteiger partial charge is 0.317 e. The van der Waals surface area contributed by atoms with Crippen LogP contribution in [0.1, 0.15) is 36.0 Å². The lowest BCUT2D eigenvalue weighted by atomic mass is 10.2. The Bertz CT molecular complexity index is 376. The quantitative estimate of drug-likeness (QED) is 0.769. The summed E-state index contributed by atoms with van der Waals surface area (Å²) in [5.74, 6) is 2.01. The Hall–Kier alpha value is -1.03. The number of fused-ring (bicyclic) bond motifs is 1. The molecular weight excluding hydrogens is 188 g/mol. The molecule has 1 aromatic heterocycles. The van der Waals surface area contributed by atoms with Crippen LogP contribution in [0.4, 0.5) is 0 Å². The van der Waals surface area contributed by atoms with Gasteiger partial charge in [-0.25, -0.2) is 9.66 Å². The highest BCUT2D eigenvalue weighted by molar-refractivity contribution is 5.25. The molecule has 2 heterocycles. The van der Waals surface area contributed by atoms with Crippen molar-refractivity contribution < 1.29 is 0 Å². The number of hydrogen-bond donors (Lipinski definition) is 1. The predicted octanol–water partition coefficient (Wildman–Crippen LogP) is 0.604. The van der Waals surface area contributed by atoms with Crippen LogP contribution in [-0.2, 0) is 13.0 Å². The SMILES string of the molecule is CN(C)n1c(C2CC2)nc2c1CCNC2. The second-order valence-corrected chi connectivity index (χ2v) is 4.72. The molecule has 0 unspecified atom stereocenters. The molecule has 4 heteroatoms. The van der Waals surface area contributed by atoms with Gasteiger partial charge in [-0.1, -0.05) is 0 Å². The molecule has 1 saturated carbocycles. The van der Waals surface area contributed by atoms with Crippen LogP contribution in [-0.4, -0.2) is 30.3 Å². The van der Waals surface area contributed by atoms with E-state index in [2.05, 4.69) is 29.1 Å². The van der Waals surface area contributed by atoms with Crippen molar-refractivity contribution in [1.82, 2.24) is 15.0 Å². The second-order valence-electron chi connectivity index (χ2n) is 4.72. The van der Waals surface area contributed by atoms with Crippen molar-refractivity contribution in [1.29, 1.82) is 0 Å². The molecule has 1 aliphatic heterocycles. The van der Waals surface area contributed by atoms with Crippen LogP contribution in [0.5, 0.6) is 0 Å². The zero-order valence-corrected chi connectivity index (χ0v) is 9.45. The molecule has 0 aromatic carbocycles. The van der Waals surface area contributed by atoms with E-state index in [0.717, 1.165) is 25.4 Å². The molecule has 82 valence electrons. The standard InChI is InChI=1S/C11H18N4/c1-14(2)15-10-5-6-12-7-9(10)13-11(15)8-3-4-8/h8,12H,3-7H2,1-2H3. The summed E-state index contributed by atoms with van der Waals surface area (Å²) >= 11 is 0. The summed E-state index contributed by atoms with van der Waals surface area (Å²) in [6.07, 6.45) is 3.74. The fraction of sp³-hybridized carbons (Fsp3) is 0.727. The van der Waals surface area contributed by atoms with Gasteiger partial charge in [0.05, 0.1) is 11.4 Å². The average Bonchev–Trinajstić information content (AvgIpc) is 2.98. The Morgan fingerprint density at radius 1 is 1.40 bits per heavy atom. The molecule has 15 heavy (non-hydrogen) atoms. The van der Waals surface area contributed by atoms with Crippen LogP contribution in [0.25, 0.3) is 0 Å². The molecule has 1 aromatic rings. The third-order valence-corrected chi connectivity index (χ3v) is 3.23. The van der Waals surface area contributed by atoms with Crippen molar-refractivity contribution in [3.05, 3.63) is 17.2 Å². The maximum absolute atomic E-state index is 4.79. The molecular formula is C11H18N4. The van der Waals surface area contributed by atoms with Crippen LogP contribution in [0.15, 0.2) is 0 Å². The van der Waals surface area contributed by atoms with Gasteiger partial charge in [-0.2, -0.15) is 0 Å². The van der Waals surface area contributed by atoms with Crippen molar-refractivity contribution in [2.24, 2.45) is 0 Å². The van der Waals surface area contributed by atoms with Crippen LogP contribution in [0.3, 0.4) is 0 Å². The Morgan fingerprint density at radius 3 is 2.87 bits per heavy atom. The summed E-state index contributed by atoms with van der Waals surface area (Å²) in [5.41, 5.74) is 2.68. The summed E-state index contributed by atoms with van der Waals surface area (Å²) in [6.45, 7) is 2.02. The van der Waals surface area contributed by atoms with E-state index in [9.17, 15) is 0 Å². The Morgan fingerprint density at radius 2 is 2.20 bits per heavy atom. The summed E-state index contributed by atoms with van der Waals surface area (Å²) in [6, 6.07) is 0. The fourth-order valence-corrected chi connectivity index (χ4v) is 2.37. The first-order valence-electron chi connectivity index (χ1n) is 5.76. The molecule has 0 amide bonds. The van der Waals surface area contributed by atoms with Gasteiger partial charge in [-0.05, 0) is 12.8 Å². The summed E-state index contributed by atoms with van der Waals surface area (Å²) in [4.78, 5) is 4.79. The highest BCUT2D eigenvalue weighted by Crippen LogP contribution is 2.40. The van der Waals surface area contributed by atoms with Gasteiger partial charge in [0.2, 0.25) is 0 Å². The van der Waals surface area contributed by atoms with Crippen molar-refractivity contribution in [2.45, 2.75) is 31.7 Å². The van der Waals surface area contributed by atoms with E-state index in [1.165, 1.54) is 30.1 Å². The molecule has 0 saturated heterocycles. The van der Waals surface area contributed by atoms with Gasteiger partial charge in [0.25, 0.3) is 0 Å². The maximum atomic E-state index is 4.79. The van der Waals surface area contributed by atoms with Gasteiger partial charge in [0.15, 0.2) is 0 Å². The average molecular weight is 206 g/mol. The third kappa shape index (κ3) is 1.44. The van der Waals surface area contributed by atoms with Crippen molar-refractivity contribution in [3.8, 4) is 0 Å². The Balaban J connectivity index is 2.09. The zero-order chi connectivity index (χ0) is 10.4. The van der Waals surface area contributed by atoms with Gasteiger partial charge in [0, 0.05) is 39.5 Å². The minimum Gasteiger partial charge on any atom is -0.317 e. The first kappa shape index (κ1) is 9.21. The van der Waals surface area contributed by atoms with E-state index in [4.69, 9.17) is 4.98 Å². The van der Waals surface area contributed by atoms with E-state index < -0.39 is 0 Å². The number of imidazole rings is 1. The summed E-state index contributed by atoms with van der Waals surface area (Å²) < 4.78 is 2.33. The van der Waals surface area contributed by atoms with Crippen molar-refractivity contribution in [3.63, 3.8) is 0 Å². The van der Waals surface area contributed by atoms with E-state index >= 15 is 0 Å². The molecule has 0 bridgehead atoms. The number of nitrogens with one attached hydrogen (secondary N) is 1. The van der Waals surface area contributed by atoms with E-state index in [-0.39, 0.29) is 0 Å². The third-order valence-electron chi connectivity index (χ3n) is 3.23. The highest BCUT2D eigenvalue weighted by Gasteiger charge is 2.32. The smallest absolute Gasteiger partial charge is 0.131 e. The highest BCUT2D eigenvalue weighted by atomic mass is 15.5. The Labute approximate surface area is 90.3 Å². The molecule has 0 spiro atoms. The van der Waals surface area contributed by atoms with E-state index in [1.807, 2.05) is 0 Å². The molecule has 1 N–H and O–H groups in total. The first-order valence-corrected chi connectivity index (χ1v) is 5.76. The van der Waals surface area contributed by atoms with Gasteiger partial charge in [-0.15, -0.1) is 0 Å². The van der Waals surface area contributed by atoms with E-state index in [1.54, 1.807) is 0 Å². The molecule has 1 aliphatic carbocycles. The first-order chi connectivity index (χ1) is 7.27. The number of rotatable bonds is 2. The lowest BCUT2D eigenvalue weighted by molar-refractivity contribution is 0.585. The number of aromatic nitrogens is 2. The predicted molar refractivity (Wildman–Crippen MR) is 59.7 cm³/mol. The van der Waals surface area contributed by atoms with Gasteiger partial charge in [-0.3, -0.25) is 0 Å². The zero-order valence-electron chi connectivity index (χ0n) is 9.45. The van der Waals surface area contributed by atoms with Crippen molar-refractivity contribution >= 4 is 0 Å². The molecule has 0 atom stereocenters. The van der Waals surface area contributed by atoms with Crippen LogP contribution < -0.4 is 10.3 Å². The van der Waals surface area contributed by atoms with Crippen molar-refractivity contribution in [2.75, 3.05) is 25.6 Å². The van der Waals surface area contributed by atoms with Crippen LogP contribution >= 0.6 is 0 Å². The topological polar surface area (TPSA) is 33.1 Å². The molecule has 3 rings (SSSR count). The number of hydrogen-bond acceptors (Lipinski definition) is 3.